The first-order chi connectivity index (χ1) is 29.4. The van der Waals surface area contributed by atoms with Gasteiger partial charge in [0.1, 0.15) is 28.9 Å². The summed E-state index contributed by atoms with van der Waals surface area (Å²) in [4.78, 5) is 65.5. The summed E-state index contributed by atoms with van der Waals surface area (Å²) >= 11 is 0. The Bertz CT molecular complexity index is 2440. The van der Waals surface area contributed by atoms with Crippen molar-refractivity contribution in [3.63, 3.8) is 0 Å². The van der Waals surface area contributed by atoms with Gasteiger partial charge in [-0.3, -0.25) is 29.0 Å². The molecular weight excluding hydrogens is 775 g/mol. The number of methoxy groups -OCH3 is 2. The summed E-state index contributed by atoms with van der Waals surface area (Å²) in [6.07, 6.45) is 2.35. The van der Waals surface area contributed by atoms with E-state index in [2.05, 4.69) is 0 Å². The second-order valence-electron chi connectivity index (χ2n) is 17.6. The number of aromatic hydroxyl groups is 2. The van der Waals surface area contributed by atoms with Crippen LogP contribution in [-0.4, -0.2) is 98.8 Å². The van der Waals surface area contributed by atoms with Crippen LogP contribution in [0.5, 0.6) is 23.0 Å². The van der Waals surface area contributed by atoms with Crippen LogP contribution in [0.2, 0.25) is 0 Å². The van der Waals surface area contributed by atoms with Gasteiger partial charge in [0.15, 0.2) is 34.6 Å². The summed E-state index contributed by atoms with van der Waals surface area (Å²) in [5, 5.41) is 34.3. The Morgan fingerprint density at radius 2 is 1.44 bits per heavy atom. The predicted molar refractivity (Wildman–Crippen MR) is 226 cm³/mol. The number of phenols is 2. The molecule has 0 saturated carbocycles. The monoisotopic (exact) mass is 827 g/mol. The lowest BCUT2D eigenvalue weighted by molar-refractivity contribution is -0.135. The maximum atomic E-state index is 15.7. The number of rotatable bonds is 10. The summed E-state index contributed by atoms with van der Waals surface area (Å²) < 4.78 is 10.9. The van der Waals surface area contributed by atoms with E-state index in [1.165, 1.54) is 20.3 Å². The SMILES string of the molecule is COc1ccc(C2C3CCCCN3C3(C(=O)c4ccccc4C3O)C2C(=O)CC(=O)C2C3CCCCN3C(N)(C(=O)c3ccccc3C)C2c2ccc(O)c(OC)c2)cc1O. The van der Waals surface area contributed by atoms with E-state index in [0.717, 1.165) is 31.2 Å². The molecule has 5 N–H and O–H groups in total. The smallest absolute Gasteiger partial charge is 0.198 e. The van der Waals surface area contributed by atoms with E-state index in [1.54, 1.807) is 66.7 Å². The molecule has 4 aromatic carbocycles. The van der Waals surface area contributed by atoms with Gasteiger partial charge in [-0.05, 0) is 85.7 Å². The van der Waals surface area contributed by atoms with Crippen LogP contribution < -0.4 is 15.2 Å². The molecule has 61 heavy (non-hydrogen) atoms. The first kappa shape index (κ1) is 41.0. The Kier molecular flexibility index (Phi) is 10.4. The van der Waals surface area contributed by atoms with Crippen LogP contribution in [0.1, 0.15) is 106 Å². The maximum Gasteiger partial charge on any atom is 0.198 e. The van der Waals surface area contributed by atoms with Gasteiger partial charge in [0.2, 0.25) is 0 Å². The number of fused-ring (bicyclic) bond motifs is 4. The zero-order valence-corrected chi connectivity index (χ0v) is 34.8. The van der Waals surface area contributed by atoms with E-state index >= 15 is 19.2 Å². The third-order valence-electron chi connectivity index (χ3n) is 14.8. The van der Waals surface area contributed by atoms with E-state index in [4.69, 9.17) is 15.2 Å². The number of piperidine rings is 2. The molecule has 1 spiro atoms. The van der Waals surface area contributed by atoms with Crippen molar-refractivity contribution in [2.45, 2.75) is 93.1 Å². The molecule has 5 aliphatic rings. The summed E-state index contributed by atoms with van der Waals surface area (Å²) in [7, 11) is 2.88. The lowest BCUT2D eigenvalue weighted by Crippen LogP contribution is -2.63. The molecule has 0 bridgehead atoms. The molecule has 12 heteroatoms. The molecular formula is C49H53N3O9. The number of aryl methyl sites for hydroxylation is 1. The lowest BCUT2D eigenvalue weighted by Gasteiger charge is -2.43. The van der Waals surface area contributed by atoms with Crippen molar-refractivity contribution in [3.8, 4) is 23.0 Å². The maximum absolute atomic E-state index is 15.7. The Morgan fingerprint density at radius 3 is 2.15 bits per heavy atom. The van der Waals surface area contributed by atoms with Gasteiger partial charge in [-0.15, -0.1) is 0 Å². The number of hydrogen-bond acceptors (Lipinski definition) is 12. The molecule has 9 unspecified atom stereocenters. The zero-order chi connectivity index (χ0) is 43.0. The highest BCUT2D eigenvalue weighted by molar-refractivity contribution is 6.14. The van der Waals surface area contributed by atoms with Crippen molar-refractivity contribution >= 4 is 23.1 Å². The van der Waals surface area contributed by atoms with Crippen molar-refractivity contribution in [1.29, 1.82) is 0 Å². The average molecular weight is 828 g/mol. The third-order valence-corrected chi connectivity index (χ3v) is 14.8. The number of nitrogens with two attached hydrogens (primary N) is 1. The van der Waals surface area contributed by atoms with Crippen molar-refractivity contribution in [1.82, 2.24) is 9.80 Å². The van der Waals surface area contributed by atoms with E-state index in [0.29, 0.717) is 53.7 Å². The van der Waals surface area contributed by atoms with Gasteiger partial charge in [-0.2, -0.15) is 0 Å². The highest BCUT2D eigenvalue weighted by Gasteiger charge is 2.71. The standard InChI is InChI=1S/C49H53N3O9/c1-27-12-4-5-13-30(27)47(59)49(50)43(29-18-20-35(53)40(25-29)61-3)42(34-17-9-11-23-52(34)49)37(55)26-38(56)44-41(28-19-21-39(60-2)36(54)24-28)33-16-8-10-22-51(33)48(44)45(57)31-14-6-7-15-32(31)46(48)58/h4-7,12-15,18-21,24-25,33-34,41-45,53-54,57H,8-11,16-17,22-23,26,50H2,1-3H3. The van der Waals surface area contributed by atoms with Crippen LogP contribution in [0.15, 0.2) is 84.9 Å². The number of phenolic OH excluding ortho intramolecular Hbond substituents is 2. The van der Waals surface area contributed by atoms with Gasteiger partial charge >= 0.3 is 0 Å². The minimum atomic E-state index is -1.72. The molecule has 12 nitrogen and oxygen atoms in total. The van der Waals surface area contributed by atoms with Crippen LogP contribution in [0.25, 0.3) is 0 Å². The number of hydrogen-bond donors (Lipinski definition) is 4. The minimum Gasteiger partial charge on any atom is -0.504 e. The number of aliphatic hydroxyl groups excluding tert-OH is 1. The molecule has 4 aliphatic heterocycles. The lowest BCUT2D eigenvalue weighted by atomic mass is 9.68. The fraction of sp³-hybridized carbons (Fsp3) is 0.429. The van der Waals surface area contributed by atoms with Gasteiger partial charge in [-0.25, -0.2) is 0 Å². The molecule has 0 radical (unpaired) electrons. The van der Waals surface area contributed by atoms with Gasteiger partial charge in [-0.1, -0.05) is 73.5 Å². The summed E-state index contributed by atoms with van der Waals surface area (Å²) in [6, 6.07) is 23.0. The largest absolute Gasteiger partial charge is 0.504 e. The van der Waals surface area contributed by atoms with Gasteiger partial charge < -0.3 is 30.5 Å². The molecule has 0 aromatic heterocycles. The van der Waals surface area contributed by atoms with E-state index in [9.17, 15) is 15.3 Å². The molecule has 4 fully saturated rings. The highest BCUT2D eigenvalue weighted by atomic mass is 16.5. The number of aliphatic hydroxyl groups is 1. The summed E-state index contributed by atoms with van der Waals surface area (Å²) in [5.74, 6) is -5.22. The van der Waals surface area contributed by atoms with Crippen LogP contribution in [0, 0.1) is 18.8 Å². The number of ketones is 4. The number of Topliss-reactive ketones (excluding diaryl/α,β-unsaturated/α-hetero) is 4. The number of carbonyl (C=O) groups excluding carboxylic acids is 4. The Hall–Kier alpha value is -5.40. The van der Waals surface area contributed by atoms with Crippen LogP contribution in [0.3, 0.4) is 0 Å². The quantitative estimate of drug-likeness (QED) is 0.109. The number of benzene rings is 4. The molecule has 4 heterocycles. The third kappa shape index (κ3) is 6.01. The number of nitrogens with zero attached hydrogens (tertiary/aromatic N) is 2. The Labute approximate surface area is 355 Å². The predicted octanol–water partition coefficient (Wildman–Crippen LogP) is 5.99. The Balaban J connectivity index is 1.19. The second kappa shape index (κ2) is 15.5. The van der Waals surface area contributed by atoms with Crippen LogP contribution >= 0.6 is 0 Å². The molecule has 318 valence electrons. The van der Waals surface area contributed by atoms with E-state index in [-0.39, 0.29) is 40.6 Å². The minimum absolute atomic E-state index is 0.118. The first-order valence-electron chi connectivity index (χ1n) is 21.4. The average Bonchev–Trinajstić information content (AvgIpc) is 3.82. The van der Waals surface area contributed by atoms with Gasteiger partial charge in [0.25, 0.3) is 0 Å². The first-order valence-corrected chi connectivity index (χ1v) is 21.4. The molecule has 9 rings (SSSR count). The molecule has 4 saturated heterocycles. The topological polar surface area (TPSA) is 180 Å². The molecule has 4 aromatic rings. The fourth-order valence-electron chi connectivity index (χ4n) is 12.3. The fourth-order valence-corrected chi connectivity index (χ4v) is 12.3. The van der Waals surface area contributed by atoms with E-state index in [1.807, 2.05) is 28.9 Å². The molecule has 9 atom stereocenters. The van der Waals surface area contributed by atoms with Crippen molar-refractivity contribution in [2.24, 2.45) is 17.6 Å². The van der Waals surface area contributed by atoms with Crippen molar-refractivity contribution in [3.05, 3.63) is 118 Å². The zero-order valence-electron chi connectivity index (χ0n) is 34.8. The van der Waals surface area contributed by atoms with E-state index < -0.39 is 65.0 Å². The number of ether oxygens (including phenoxy) is 2. The molecule has 1 aliphatic carbocycles. The van der Waals surface area contributed by atoms with Crippen molar-refractivity contribution in [2.75, 3.05) is 27.3 Å². The van der Waals surface area contributed by atoms with Crippen LogP contribution in [0.4, 0.5) is 0 Å². The highest BCUT2D eigenvalue weighted by Crippen LogP contribution is 2.61. The van der Waals surface area contributed by atoms with Crippen LogP contribution in [-0.2, 0) is 9.59 Å². The van der Waals surface area contributed by atoms with Gasteiger partial charge in [0.05, 0.1) is 26.6 Å². The molecule has 0 amide bonds. The summed E-state index contributed by atoms with van der Waals surface area (Å²) in [6.45, 7) is 2.76. The summed E-state index contributed by atoms with van der Waals surface area (Å²) in [5.41, 5.74) is 7.19. The van der Waals surface area contributed by atoms with Gasteiger partial charge in [0, 0.05) is 47.5 Å². The Morgan fingerprint density at radius 1 is 0.770 bits per heavy atom. The van der Waals surface area contributed by atoms with Crippen molar-refractivity contribution < 1.29 is 44.0 Å². The normalized spacial score (nSPS) is 30.8. The second-order valence-corrected chi connectivity index (χ2v) is 17.6. The number of carbonyl (C=O) groups is 4.